The van der Waals surface area contributed by atoms with Gasteiger partial charge in [-0.3, -0.25) is 14.4 Å². The van der Waals surface area contributed by atoms with Gasteiger partial charge in [0.25, 0.3) is 11.1 Å². The molecule has 0 saturated carbocycles. The molecule has 178 valence electrons. The number of aromatic amines is 1. The van der Waals surface area contributed by atoms with Gasteiger partial charge in [-0.2, -0.15) is 0 Å². The number of nitrogens with one attached hydrogen (secondary N) is 1. The van der Waals surface area contributed by atoms with E-state index in [-0.39, 0.29) is 29.0 Å². The number of rotatable bonds is 5. The Morgan fingerprint density at radius 1 is 1.09 bits per heavy atom. The van der Waals surface area contributed by atoms with Crippen LogP contribution in [0.2, 0.25) is 0 Å². The van der Waals surface area contributed by atoms with Crippen molar-refractivity contribution >= 4 is 16.9 Å². The molecule has 0 aliphatic carbocycles. The monoisotopic (exact) mass is 472 g/mol. The third-order valence-corrected chi connectivity index (χ3v) is 6.47. The number of pyridine rings is 2. The molecule has 8 nitrogen and oxygen atoms in total. The van der Waals surface area contributed by atoms with Crippen molar-refractivity contribution in [2.24, 2.45) is 0 Å². The predicted octanol–water partition coefficient (Wildman–Crippen LogP) is 3.40. The molecule has 1 aliphatic heterocycles. The largest absolute Gasteiger partial charge is 0.508 e. The molecule has 0 bridgehead atoms. The average molecular weight is 472 g/mol. The second-order valence-electron chi connectivity index (χ2n) is 8.67. The molecule has 2 N–H and O–H groups in total. The lowest BCUT2D eigenvalue weighted by Crippen LogP contribution is -2.35. The number of phenolic OH excluding ortho intramolecular Hbond substituents is 1. The summed E-state index contributed by atoms with van der Waals surface area (Å²) in [6, 6.07) is 15.5. The van der Waals surface area contributed by atoms with Crippen LogP contribution in [-0.2, 0) is 17.8 Å². The molecule has 35 heavy (non-hydrogen) atoms. The zero-order valence-electron chi connectivity index (χ0n) is 19.3. The van der Waals surface area contributed by atoms with Crippen molar-refractivity contribution in [2.75, 3.05) is 7.11 Å². The summed E-state index contributed by atoms with van der Waals surface area (Å²) in [5.74, 6) is -0.225. The minimum atomic E-state index is -0.737. The summed E-state index contributed by atoms with van der Waals surface area (Å²) in [5.41, 5.74) is 2.23. The Morgan fingerprint density at radius 3 is 2.60 bits per heavy atom. The van der Waals surface area contributed by atoms with Crippen molar-refractivity contribution in [2.45, 2.75) is 32.2 Å². The van der Waals surface area contributed by atoms with E-state index in [1.165, 1.54) is 0 Å². The number of hydrogen-bond donors (Lipinski definition) is 2. The summed E-state index contributed by atoms with van der Waals surface area (Å²) in [5, 5.41) is 10.2. The van der Waals surface area contributed by atoms with Gasteiger partial charge in [0.1, 0.15) is 17.2 Å². The maximum Gasteiger partial charge on any atom is 0.312 e. The van der Waals surface area contributed by atoms with E-state index in [0.717, 1.165) is 10.9 Å². The summed E-state index contributed by atoms with van der Waals surface area (Å²) in [6.45, 7) is 2.18. The van der Waals surface area contributed by atoms with Gasteiger partial charge in [-0.1, -0.05) is 12.1 Å². The minimum absolute atomic E-state index is 0.109. The fourth-order valence-corrected chi connectivity index (χ4v) is 4.63. The second kappa shape index (κ2) is 8.79. The molecule has 5 rings (SSSR count). The highest BCUT2D eigenvalue weighted by atomic mass is 16.5. The standard InChI is InChI=1S/C27H24N2O6/c1-15-11-23-25(27(33)29(15)10-9-16-3-5-18(30)6-4-16)20(14-24(31)35-23)21-13-17-12-19(34-2)7-8-22(17)28-26(21)32/h3-8,11-13,20,30H,9-10,14H2,1-2H3,(H,28,32)/t20-/m0/s1. The van der Waals surface area contributed by atoms with E-state index in [4.69, 9.17) is 9.47 Å². The molecule has 2 aromatic carbocycles. The van der Waals surface area contributed by atoms with Crippen molar-refractivity contribution in [1.29, 1.82) is 0 Å². The lowest BCUT2D eigenvalue weighted by Gasteiger charge is -2.26. The molecule has 1 atom stereocenters. The van der Waals surface area contributed by atoms with Gasteiger partial charge in [-0.25, -0.2) is 0 Å². The number of methoxy groups -OCH3 is 1. The Labute approximate surface area is 200 Å². The number of carbonyl (C=O) groups is 1. The molecule has 4 aromatic rings. The Morgan fingerprint density at radius 2 is 1.86 bits per heavy atom. The molecule has 1 aliphatic rings. The van der Waals surface area contributed by atoms with Crippen LogP contribution in [0.1, 0.15) is 34.7 Å². The zero-order valence-corrected chi connectivity index (χ0v) is 19.3. The van der Waals surface area contributed by atoms with Crippen LogP contribution in [0.25, 0.3) is 10.9 Å². The minimum Gasteiger partial charge on any atom is -0.508 e. The first-order valence-corrected chi connectivity index (χ1v) is 11.3. The Balaban J connectivity index is 1.60. The Hall–Kier alpha value is -4.33. The van der Waals surface area contributed by atoms with E-state index in [0.29, 0.717) is 41.1 Å². The average Bonchev–Trinajstić information content (AvgIpc) is 2.83. The highest BCUT2D eigenvalue weighted by Gasteiger charge is 2.34. The van der Waals surface area contributed by atoms with Crippen LogP contribution in [0, 0.1) is 6.92 Å². The lowest BCUT2D eigenvalue weighted by molar-refractivity contribution is -0.135. The Kier molecular flexibility index (Phi) is 5.64. The number of carbonyl (C=O) groups excluding carboxylic acids is 1. The number of benzene rings is 2. The number of nitrogens with zero attached hydrogens (tertiary/aromatic N) is 1. The molecule has 3 heterocycles. The van der Waals surface area contributed by atoms with Crippen LogP contribution < -0.4 is 20.6 Å². The van der Waals surface area contributed by atoms with Gasteiger partial charge in [0, 0.05) is 40.7 Å². The van der Waals surface area contributed by atoms with Gasteiger partial charge in [-0.15, -0.1) is 0 Å². The number of aromatic nitrogens is 2. The SMILES string of the molecule is COc1ccc2[nH]c(=O)c([C@@H]3CC(=O)Oc4cc(C)n(CCc5ccc(O)cc5)c(=O)c43)cc2c1. The number of esters is 1. The van der Waals surface area contributed by atoms with Gasteiger partial charge in [0.15, 0.2) is 0 Å². The molecule has 0 spiro atoms. The quantitative estimate of drug-likeness (QED) is 0.431. The van der Waals surface area contributed by atoms with E-state index in [1.54, 1.807) is 61.1 Å². The van der Waals surface area contributed by atoms with Crippen LogP contribution in [0.5, 0.6) is 17.2 Å². The van der Waals surface area contributed by atoms with Gasteiger partial charge in [0.2, 0.25) is 0 Å². The number of ether oxygens (including phenoxy) is 2. The molecular formula is C27H24N2O6. The normalized spacial score (nSPS) is 15.0. The maximum absolute atomic E-state index is 13.7. The molecule has 0 unspecified atom stereocenters. The van der Waals surface area contributed by atoms with Crippen LogP contribution in [-0.4, -0.2) is 27.7 Å². The smallest absolute Gasteiger partial charge is 0.312 e. The van der Waals surface area contributed by atoms with Gasteiger partial charge >= 0.3 is 5.97 Å². The molecule has 8 heteroatoms. The number of aryl methyl sites for hydroxylation is 2. The van der Waals surface area contributed by atoms with Crippen LogP contribution in [0.15, 0.2) is 64.2 Å². The first-order chi connectivity index (χ1) is 16.8. The van der Waals surface area contributed by atoms with E-state index in [1.807, 2.05) is 12.1 Å². The van der Waals surface area contributed by atoms with Crippen LogP contribution in [0.4, 0.5) is 0 Å². The van der Waals surface area contributed by atoms with Crippen LogP contribution >= 0.6 is 0 Å². The van der Waals surface area contributed by atoms with Crippen molar-refractivity contribution in [3.05, 3.63) is 97.7 Å². The van der Waals surface area contributed by atoms with E-state index in [9.17, 15) is 19.5 Å². The first-order valence-electron chi connectivity index (χ1n) is 11.3. The number of hydrogen-bond acceptors (Lipinski definition) is 6. The van der Waals surface area contributed by atoms with Crippen LogP contribution in [0.3, 0.4) is 0 Å². The molecule has 0 amide bonds. The van der Waals surface area contributed by atoms with E-state index < -0.39 is 11.9 Å². The lowest BCUT2D eigenvalue weighted by atomic mass is 9.87. The van der Waals surface area contributed by atoms with Gasteiger partial charge < -0.3 is 24.1 Å². The third-order valence-electron chi connectivity index (χ3n) is 6.47. The summed E-state index contributed by atoms with van der Waals surface area (Å²) in [7, 11) is 1.56. The Bertz CT molecular complexity index is 1570. The summed E-state index contributed by atoms with van der Waals surface area (Å²) < 4.78 is 12.4. The summed E-state index contributed by atoms with van der Waals surface area (Å²) in [6.07, 6.45) is 0.461. The van der Waals surface area contributed by atoms with Crippen molar-refractivity contribution in [1.82, 2.24) is 9.55 Å². The van der Waals surface area contributed by atoms with Crippen molar-refractivity contribution < 1.29 is 19.4 Å². The highest BCUT2D eigenvalue weighted by molar-refractivity contribution is 5.82. The molecule has 2 aromatic heterocycles. The zero-order chi connectivity index (χ0) is 24.7. The predicted molar refractivity (Wildman–Crippen MR) is 130 cm³/mol. The topological polar surface area (TPSA) is 111 Å². The van der Waals surface area contributed by atoms with Gasteiger partial charge in [-0.05, 0) is 55.3 Å². The number of phenols is 1. The second-order valence-corrected chi connectivity index (χ2v) is 8.67. The summed E-state index contributed by atoms with van der Waals surface area (Å²) >= 11 is 0. The van der Waals surface area contributed by atoms with Gasteiger partial charge in [0.05, 0.1) is 19.1 Å². The molecular weight excluding hydrogens is 448 g/mol. The number of fused-ring (bicyclic) bond motifs is 2. The highest BCUT2D eigenvalue weighted by Crippen LogP contribution is 2.36. The van der Waals surface area contributed by atoms with E-state index >= 15 is 0 Å². The van der Waals surface area contributed by atoms with Crippen molar-refractivity contribution in [3.8, 4) is 17.2 Å². The molecule has 0 saturated heterocycles. The number of H-pyrrole nitrogens is 1. The van der Waals surface area contributed by atoms with E-state index in [2.05, 4.69) is 4.98 Å². The number of aromatic hydroxyl groups is 1. The van der Waals surface area contributed by atoms with Crippen molar-refractivity contribution in [3.63, 3.8) is 0 Å². The third kappa shape index (κ3) is 4.19. The molecule has 0 fully saturated rings. The maximum atomic E-state index is 13.7. The fraction of sp³-hybridized carbons (Fsp3) is 0.222. The summed E-state index contributed by atoms with van der Waals surface area (Å²) in [4.78, 5) is 42.0. The first kappa shape index (κ1) is 22.5. The molecule has 0 radical (unpaired) electrons. The fourth-order valence-electron chi connectivity index (χ4n) is 4.63.